The first kappa shape index (κ1) is 19.7. The summed E-state index contributed by atoms with van der Waals surface area (Å²) in [7, 11) is 0. The van der Waals surface area contributed by atoms with Gasteiger partial charge in [-0.15, -0.1) is 0 Å². The normalized spacial score (nSPS) is 28.2. The fourth-order valence-electron chi connectivity index (χ4n) is 3.41. The van der Waals surface area contributed by atoms with Crippen LogP contribution >= 0.6 is 0 Å². The Morgan fingerprint density at radius 2 is 1.89 bits per heavy atom. The van der Waals surface area contributed by atoms with E-state index in [9.17, 15) is 20.1 Å². The van der Waals surface area contributed by atoms with Gasteiger partial charge < -0.3 is 30.1 Å². The molecule has 0 aromatic heterocycles. The van der Waals surface area contributed by atoms with Crippen molar-refractivity contribution in [3.8, 4) is 0 Å². The molecule has 27 heavy (non-hydrogen) atoms. The molecule has 7 nitrogen and oxygen atoms in total. The van der Waals surface area contributed by atoms with E-state index >= 15 is 0 Å². The molecular weight excluding hydrogens is 350 g/mol. The van der Waals surface area contributed by atoms with Gasteiger partial charge in [0.2, 0.25) is 5.91 Å². The van der Waals surface area contributed by atoms with Crippen molar-refractivity contribution in [3.63, 3.8) is 0 Å². The number of carbonyl (C=O) groups is 1. The van der Waals surface area contributed by atoms with Gasteiger partial charge in [0, 0.05) is 6.92 Å². The van der Waals surface area contributed by atoms with Gasteiger partial charge in [0.05, 0.1) is 13.2 Å². The van der Waals surface area contributed by atoms with Gasteiger partial charge in [0.1, 0.15) is 24.4 Å². The monoisotopic (exact) mass is 375 g/mol. The molecule has 3 rings (SSSR count). The average Bonchev–Trinajstić information content (AvgIpc) is 2.67. The number of aliphatic hydroxyl groups excluding tert-OH is 3. The van der Waals surface area contributed by atoms with Crippen LogP contribution in [0.15, 0.2) is 42.5 Å². The zero-order chi connectivity index (χ0) is 19.4. The van der Waals surface area contributed by atoms with Crippen LogP contribution in [0.4, 0.5) is 0 Å². The number of ether oxygens (including phenoxy) is 2. The van der Waals surface area contributed by atoms with Gasteiger partial charge in [0.15, 0.2) is 6.29 Å². The molecule has 1 aliphatic rings. The van der Waals surface area contributed by atoms with Crippen molar-refractivity contribution in [1.82, 2.24) is 5.32 Å². The highest BCUT2D eigenvalue weighted by Gasteiger charge is 2.45. The molecule has 146 valence electrons. The summed E-state index contributed by atoms with van der Waals surface area (Å²) in [6, 6.07) is 13.2. The Bertz CT molecular complexity index is 777. The Morgan fingerprint density at radius 1 is 1.15 bits per heavy atom. The summed E-state index contributed by atoms with van der Waals surface area (Å²) in [6.07, 6.45) is -3.96. The maximum absolute atomic E-state index is 11.4. The maximum Gasteiger partial charge on any atom is 0.217 e. The summed E-state index contributed by atoms with van der Waals surface area (Å²) < 4.78 is 11.3. The molecule has 1 amide bonds. The topological polar surface area (TPSA) is 108 Å². The third-order valence-electron chi connectivity index (χ3n) is 4.78. The van der Waals surface area contributed by atoms with Crippen molar-refractivity contribution in [3.05, 3.63) is 48.0 Å². The van der Waals surface area contributed by atoms with E-state index in [4.69, 9.17) is 9.47 Å². The molecule has 0 radical (unpaired) electrons. The number of hydrogen-bond acceptors (Lipinski definition) is 6. The third-order valence-corrected chi connectivity index (χ3v) is 4.78. The average molecular weight is 375 g/mol. The smallest absolute Gasteiger partial charge is 0.217 e. The summed E-state index contributed by atoms with van der Waals surface area (Å²) in [5.74, 6) is -0.375. The summed E-state index contributed by atoms with van der Waals surface area (Å²) in [4.78, 5) is 11.4. The number of benzene rings is 2. The predicted molar refractivity (Wildman–Crippen MR) is 99.0 cm³/mol. The molecule has 1 fully saturated rings. The minimum absolute atomic E-state index is 0.287. The number of amides is 1. The first-order valence-electron chi connectivity index (χ1n) is 8.99. The van der Waals surface area contributed by atoms with Crippen LogP contribution in [0, 0.1) is 0 Å². The molecule has 1 aliphatic heterocycles. The predicted octanol–water partition coefficient (Wildman–Crippen LogP) is 0.343. The Labute approximate surface area is 157 Å². The Balaban J connectivity index is 1.69. The van der Waals surface area contributed by atoms with E-state index in [-0.39, 0.29) is 12.5 Å². The summed E-state index contributed by atoms with van der Waals surface area (Å²) in [6.45, 7) is 1.13. The van der Waals surface area contributed by atoms with Crippen molar-refractivity contribution in [2.45, 2.75) is 44.0 Å². The quantitative estimate of drug-likeness (QED) is 0.580. The first-order chi connectivity index (χ1) is 13.0. The van der Waals surface area contributed by atoms with Gasteiger partial charge in [-0.1, -0.05) is 42.5 Å². The number of aliphatic hydroxyl groups is 3. The van der Waals surface area contributed by atoms with Crippen LogP contribution in [-0.4, -0.2) is 65.1 Å². The van der Waals surface area contributed by atoms with Crippen LogP contribution in [0.2, 0.25) is 0 Å². The lowest BCUT2D eigenvalue weighted by atomic mass is 9.97. The van der Waals surface area contributed by atoms with Crippen molar-refractivity contribution in [2.24, 2.45) is 0 Å². The molecule has 1 saturated heterocycles. The van der Waals surface area contributed by atoms with E-state index in [0.717, 1.165) is 16.3 Å². The van der Waals surface area contributed by atoms with Gasteiger partial charge in [-0.25, -0.2) is 0 Å². The van der Waals surface area contributed by atoms with Crippen molar-refractivity contribution >= 4 is 16.7 Å². The fraction of sp³-hybridized carbons (Fsp3) is 0.450. The molecule has 0 aliphatic carbocycles. The molecule has 0 bridgehead atoms. The second-order valence-electron chi connectivity index (χ2n) is 6.69. The van der Waals surface area contributed by atoms with Gasteiger partial charge >= 0.3 is 0 Å². The lowest BCUT2D eigenvalue weighted by Gasteiger charge is -2.42. The Hall–Kier alpha value is -2.03. The van der Waals surface area contributed by atoms with Crippen LogP contribution in [0.1, 0.15) is 12.5 Å². The van der Waals surface area contributed by atoms with E-state index in [1.165, 1.54) is 6.92 Å². The first-order valence-corrected chi connectivity index (χ1v) is 8.99. The van der Waals surface area contributed by atoms with Crippen LogP contribution < -0.4 is 5.32 Å². The molecular formula is C20H25NO6. The molecule has 2 aromatic rings. The number of fused-ring (bicyclic) bond motifs is 1. The third kappa shape index (κ3) is 4.45. The highest BCUT2D eigenvalue weighted by atomic mass is 16.7. The molecule has 2 aromatic carbocycles. The summed E-state index contributed by atoms with van der Waals surface area (Å²) >= 11 is 0. The molecule has 1 heterocycles. The van der Waals surface area contributed by atoms with Crippen LogP contribution in [0.5, 0.6) is 0 Å². The van der Waals surface area contributed by atoms with Gasteiger partial charge in [-0.05, 0) is 22.8 Å². The standard InChI is InChI=1S/C20H25NO6/c1-12(23)21-17-19(25)18(24)16(11-22)27-20(17)26-10-9-14-7-4-6-13-5-2-3-8-15(13)14/h2-8,16-20,22,24-25H,9-11H2,1H3,(H,21,23). The van der Waals surface area contributed by atoms with Crippen LogP contribution in [0.3, 0.4) is 0 Å². The largest absolute Gasteiger partial charge is 0.394 e. The number of rotatable bonds is 6. The maximum atomic E-state index is 11.4. The van der Waals surface area contributed by atoms with Gasteiger partial charge in [-0.3, -0.25) is 4.79 Å². The molecule has 4 N–H and O–H groups in total. The van der Waals surface area contributed by atoms with Gasteiger partial charge in [-0.2, -0.15) is 0 Å². The van der Waals surface area contributed by atoms with E-state index in [1.807, 2.05) is 42.5 Å². The SMILES string of the molecule is CC(=O)NC1C(OCCc2cccc3ccccc23)OC(CO)C(O)C1O. The lowest BCUT2D eigenvalue weighted by molar-refractivity contribution is -0.269. The number of hydrogen-bond donors (Lipinski definition) is 4. The van der Waals surface area contributed by atoms with E-state index in [2.05, 4.69) is 5.32 Å². The van der Waals surface area contributed by atoms with Crippen LogP contribution in [0.25, 0.3) is 10.8 Å². The second kappa shape index (κ2) is 8.77. The second-order valence-corrected chi connectivity index (χ2v) is 6.69. The van der Waals surface area contributed by atoms with Crippen molar-refractivity contribution in [1.29, 1.82) is 0 Å². The Morgan fingerprint density at radius 3 is 2.63 bits per heavy atom. The van der Waals surface area contributed by atoms with E-state index in [1.54, 1.807) is 0 Å². The lowest BCUT2D eigenvalue weighted by Crippen LogP contribution is -2.64. The van der Waals surface area contributed by atoms with Gasteiger partial charge in [0.25, 0.3) is 0 Å². The zero-order valence-electron chi connectivity index (χ0n) is 15.1. The highest BCUT2D eigenvalue weighted by molar-refractivity contribution is 5.85. The van der Waals surface area contributed by atoms with Crippen LogP contribution in [-0.2, 0) is 20.7 Å². The summed E-state index contributed by atoms with van der Waals surface area (Å²) in [5.41, 5.74) is 1.11. The number of nitrogens with one attached hydrogen (secondary N) is 1. The summed E-state index contributed by atoms with van der Waals surface area (Å²) in [5, 5.41) is 34.5. The zero-order valence-corrected chi connectivity index (χ0v) is 15.1. The molecule has 7 heteroatoms. The molecule has 0 spiro atoms. The van der Waals surface area contributed by atoms with Crippen molar-refractivity contribution < 1.29 is 29.6 Å². The Kier molecular flexibility index (Phi) is 6.41. The molecule has 5 unspecified atom stereocenters. The van der Waals surface area contributed by atoms with Crippen molar-refractivity contribution in [2.75, 3.05) is 13.2 Å². The molecule has 5 atom stereocenters. The van der Waals surface area contributed by atoms with E-state index in [0.29, 0.717) is 6.42 Å². The van der Waals surface area contributed by atoms with E-state index < -0.39 is 37.3 Å². The minimum atomic E-state index is -1.32. The minimum Gasteiger partial charge on any atom is -0.394 e. The number of carbonyl (C=O) groups excluding carboxylic acids is 1. The molecule has 0 saturated carbocycles. The highest BCUT2D eigenvalue weighted by Crippen LogP contribution is 2.23. The fourth-order valence-corrected chi connectivity index (χ4v) is 3.41.